The first-order valence-corrected chi connectivity index (χ1v) is 7.73. The fourth-order valence-corrected chi connectivity index (χ4v) is 4.60. The molecule has 3 nitrogen and oxygen atoms in total. The highest BCUT2D eigenvalue weighted by Crippen LogP contribution is 2.60. The predicted octanol–water partition coefficient (Wildman–Crippen LogP) is 3.16. The van der Waals surface area contributed by atoms with Crippen LogP contribution in [-0.2, 0) is 19.1 Å². The van der Waals surface area contributed by atoms with Crippen LogP contribution in [-0.4, -0.2) is 14.8 Å². The highest BCUT2D eigenvalue weighted by Gasteiger charge is 2.54. The first-order valence-electron chi connectivity index (χ1n) is 7.73. The zero-order valence-corrected chi connectivity index (χ0v) is 12.4. The molecule has 0 saturated heterocycles. The minimum absolute atomic E-state index is 0.0259. The summed E-state index contributed by atoms with van der Waals surface area (Å²) in [5.74, 6) is 0.306. The van der Waals surface area contributed by atoms with E-state index >= 15 is 0 Å². The minimum atomic E-state index is -0.747. The number of hydrogen-bond acceptors (Lipinski definition) is 2. The Morgan fingerprint density at radius 3 is 2.86 bits per heavy atom. The van der Waals surface area contributed by atoms with Gasteiger partial charge >= 0.3 is 0 Å². The molecule has 2 atom stereocenters. The fraction of sp³-hybridized carbons (Fsp3) is 0.263. The smallest absolute Gasteiger partial charge is 0.116 e. The van der Waals surface area contributed by atoms with Crippen LogP contribution in [0, 0.1) is 0 Å². The second kappa shape index (κ2) is 3.73. The van der Waals surface area contributed by atoms with Crippen LogP contribution in [0.25, 0.3) is 10.9 Å². The summed E-state index contributed by atoms with van der Waals surface area (Å²) in [6.45, 7) is 0. The van der Waals surface area contributed by atoms with Gasteiger partial charge in [-0.05, 0) is 47.7 Å². The van der Waals surface area contributed by atoms with Gasteiger partial charge < -0.3 is 14.8 Å². The van der Waals surface area contributed by atoms with Crippen LogP contribution in [0.4, 0.5) is 0 Å². The molecule has 2 N–H and O–H groups in total. The third kappa shape index (κ3) is 1.22. The van der Waals surface area contributed by atoms with E-state index in [2.05, 4.69) is 17.7 Å². The van der Waals surface area contributed by atoms with E-state index in [4.69, 9.17) is 0 Å². The monoisotopic (exact) mass is 291 g/mol. The van der Waals surface area contributed by atoms with E-state index < -0.39 is 5.60 Å². The van der Waals surface area contributed by atoms with Gasteiger partial charge in [-0.25, -0.2) is 0 Å². The van der Waals surface area contributed by atoms with Gasteiger partial charge in [-0.15, -0.1) is 0 Å². The van der Waals surface area contributed by atoms with Crippen molar-refractivity contribution >= 4 is 10.9 Å². The van der Waals surface area contributed by atoms with Crippen molar-refractivity contribution in [3.05, 3.63) is 64.8 Å². The van der Waals surface area contributed by atoms with Crippen molar-refractivity contribution in [3.8, 4) is 5.75 Å². The van der Waals surface area contributed by atoms with Crippen LogP contribution in [0.3, 0.4) is 0 Å². The first-order chi connectivity index (χ1) is 10.6. The summed E-state index contributed by atoms with van der Waals surface area (Å²) >= 11 is 0. The lowest BCUT2D eigenvalue weighted by Gasteiger charge is -2.50. The number of benzene rings is 2. The van der Waals surface area contributed by atoms with E-state index in [9.17, 15) is 10.2 Å². The van der Waals surface area contributed by atoms with E-state index in [1.54, 1.807) is 6.07 Å². The topological polar surface area (TPSA) is 45.4 Å². The standard InChI is InChI=1S/C19H17NO2/c1-20-15-7-6-11(21)10-13(15)17-16(20)8-9-19(22)14-5-3-2-4-12(14)18(17)19/h2-7,10,18,21-22H,8-9H2,1H3/t18-,19+/m0/s1. The third-order valence-electron chi connectivity index (χ3n) is 5.59. The zero-order valence-electron chi connectivity index (χ0n) is 12.4. The quantitative estimate of drug-likeness (QED) is 0.668. The van der Waals surface area contributed by atoms with Gasteiger partial charge in [0.2, 0.25) is 0 Å². The molecular weight excluding hydrogens is 274 g/mol. The summed E-state index contributed by atoms with van der Waals surface area (Å²) in [4.78, 5) is 0. The van der Waals surface area contributed by atoms with Crippen LogP contribution >= 0.6 is 0 Å². The Bertz CT molecular complexity index is 940. The molecule has 1 heterocycles. The second-order valence-corrected chi connectivity index (χ2v) is 6.57. The number of phenolic OH excluding ortho intramolecular Hbond substituents is 1. The number of aryl methyl sites for hydroxylation is 1. The number of aliphatic hydroxyl groups is 1. The molecule has 2 aromatic carbocycles. The Labute approximate surface area is 128 Å². The van der Waals surface area contributed by atoms with Crippen molar-refractivity contribution in [2.45, 2.75) is 24.4 Å². The van der Waals surface area contributed by atoms with Gasteiger partial charge in [0.1, 0.15) is 11.4 Å². The van der Waals surface area contributed by atoms with Crippen molar-refractivity contribution in [3.63, 3.8) is 0 Å². The number of hydrogen-bond donors (Lipinski definition) is 2. The van der Waals surface area contributed by atoms with E-state index in [-0.39, 0.29) is 11.7 Å². The summed E-state index contributed by atoms with van der Waals surface area (Å²) in [7, 11) is 2.08. The number of aromatic hydroxyl groups is 1. The number of nitrogens with zero attached hydrogens (tertiary/aromatic N) is 1. The number of phenols is 1. The normalized spacial score (nSPS) is 25.3. The highest BCUT2D eigenvalue weighted by molar-refractivity contribution is 5.89. The molecular formula is C19H17NO2. The molecule has 22 heavy (non-hydrogen) atoms. The largest absolute Gasteiger partial charge is 0.508 e. The molecule has 3 heteroatoms. The van der Waals surface area contributed by atoms with Crippen molar-refractivity contribution in [1.29, 1.82) is 0 Å². The van der Waals surface area contributed by atoms with Gasteiger partial charge in [0.25, 0.3) is 0 Å². The lowest BCUT2D eigenvalue weighted by atomic mass is 9.57. The van der Waals surface area contributed by atoms with Crippen LogP contribution in [0.5, 0.6) is 5.75 Å². The van der Waals surface area contributed by atoms with Crippen molar-refractivity contribution < 1.29 is 10.2 Å². The number of fused-ring (bicyclic) bond motifs is 8. The van der Waals surface area contributed by atoms with Gasteiger partial charge in [-0.3, -0.25) is 0 Å². The van der Waals surface area contributed by atoms with Crippen molar-refractivity contribution in [2.75, 3.05) is 0 Å². The maximum absolute atomic E-state index is 11.2. The Balaban J connectivity index is 1.87. The average Bonchev–Trinajstić information content (AvgIpc) is 2.78. The van der Waals surface area contributed by atoms with Crippen LogP contribution in [0.2, 0.25) is 0 Å². The molecule has 0 radical (unpaired) electrons. The molecule has 2 aliphatic carbocycles. The molecule has 0 amide bonds. The Hall–Kier alpha value is -2.26. The lowest BCUT2D eigenvalue weighted by Crippen LogP contribution is -2.47. The van der Waals surface area contributed by atoms with Crippen LogP contribution in [0.1, 0.15) is 34.7 Å². The number of aromatic nitrogens is 1. The SMILES string of the molecule is Cn1c2c(c3cc(O)ccc31)[C@@H]1c3ccccc3[C@]1(O)CC2. The predicted molar refractivity (Wildman–Crippen MR) is 85.1 cm³/mol. The van der Waals surface area contributed by atoms with Crippen molar-refractivity contribution in [2.24, 2.45) is 7.05 Å². The maximum atomic E-state index is 11.2. The summed E-state index contributed by atoms with van der Waals surface area (Å²) < 4.78 is 2.21. The van der Waals surface area contributed by atoms with Gasteiger partial charge in [0.15, 0.2) is 0 Å². The van der Waals surface area contributed by atoms with Crippen LogP contribution < -0.4 is 0 Å². The van der Waals surface area contributed by atoms with E-state index in [1.165, 1.54) is 16.8 Å². The highest BCUT2D eigenvalue weighted by atomic mass is 16.3. The van der Waals surface area contributed by atoms with Gasteiger partial charge in [0.05, 0.1) is 0 Å². The second-order valence-electron chi connectivity index (χ2n) is 6.57. The van der Waals surface area contributed by atoms with Gasteiger partial charge in [-0.2, -0.15) is 0 Å². The minimum Gasteiger partial charge on any atom is -0.508 e. The van der Waals surface area contributed by atoms with Crippen LogP contribution in [0.15, 0.2) is 42.5 Å². The molecule has 5 rings (SSSR count). The third-order valence-corrected chi connectivity index (χ3v) is 5.59. The summed E-state index contributed by atoms with van der Waals surface area (Å²) in [5.41, 5.74) is 5.15. The van der Waals surface area contributed by atoms with E-state index in [0.717, 1.165) is 29.3 Å². The molecule has 110 valence electrons. The fourth-order valence-electron chi connectivity index (χ4n) is 4.60. The molecule has 0 aliphatic heterocycles. The summed E-state index contributed by atoms with van der Waals surface area (Å²) in [6, 6.07) is 13.7. The molecule has 2 aliphatic rings. The van der Waals surface area contributed by atoms with Gasteiger partial charge in [0, 0.05) is 29.6 Å². The Morgan fingerprint density at radius 1 is 1.18 bits per heavy atom. The number of rotatable bonds is 0. The molecule has 0 unspecified atom stereocenters. The zero-order chi connectivity index (χ0) is 15.1. The first kappa shape index (κ1) is 12.3. The summed E-state index contributed by atoms with van der Waals surface area (Å²) in [6.07, 6.45) is 1.63. The van der Waals surface area contributed by atoms with Crippen molar-refractivity contribution in [1.82, 2.24) is 4.57 Å². The lowest BCUT2D eigenvalue weighted by molar-refractivity contribution is -0.0217. The molecule has 0 spiro atoms. The molecule has 0 fully saturated rings. The maximum Gasteiger partial charge on any atom is 0.116 e. The Morgan fingerprint density at radius 2 is 2.00 bits per heavy atom. The van der Waals surface area contributed by atoms with Gasteiger partial charge in [-0.1, -0.05) is 24.3 Å². The molecule has 0 bridgehead atoms. The average molecular weight is 291 g/mol. The molecule has 3 aromatic rings. The summed E-state index contributed by atoms with van der Waals surface area (Å²) in [5, 5.41) is 22.2. The van der Waals surface area contributed by atoms with E-state index in [0.29, 0.717) is 0 Å². The Kier molecular flexibility index (Phi) is 2.09. The van der Waals surface area contributed by atoms with E-state index in [1.807, 2.05) is 30.3 Å². The molecule has 0 saturated carbocycles. The molecule has 1 aromatic heterocycles.